The normalized spacial score (nSPS) is 10.3. The lowest BCUT2D eigenvalue weighted by atomic mass is 10.1. The van der Waals surface area contributed by atoms with Crippen LogP contribution in [0.4, 0.5) is 0 Å². The van der Waals surface area contributed by atoms with Crippen LogP contribution < -0.4 is 14.8 Å². The zero-order chi connectivity index (χ0) is 21.4. The van der Waals surface area contributed by atoms with Gasteiger partial charge in [0.25, 0.3) is 0 Å². The van der Waals surface area contributed by atoms with E-state index in [1.165, 1.54) is 29.7 Å². The Labute approximate surface area is 171 Å². The topological polar surface area (TPSA) is 105 Å². The number of aliphatic carboxylic acids is 2. The van der Waals surface area contributed by atoms with Gasteiger partial charge in [-0.05, 0) is 49.9 Å². The quantitative estimate of drug-likeness (QED) is 0.272. The molecule has 0 heterocycles. The molecule has 7 nitrogen and oxygen atoms in total. The maximum Gasteiger partial charge on any atom is 0.328 e. The Morgan fingerprint density at radius 2 is 1.68 bits per heavy atom. The van der Waals surface area contributed by atoms with Crippen LogP contribution in [-0.4, -0.2) is 55.7 Å². The van der Waals surface area contributed by atoms with Crippen molar-refractivity contribution in [2.75, 3.05) is 33.6 Å². The number of hydrogen-bond acceptors (Lipinski definition) is 6. The maximum atomic E-state index is 9.55. The van der Waals surface area contributed by atoms with Gasteiger partial charge in [-0.2, -0.15) is 0 Å². The highest BCUT2D eigenvalue weighted by Gasteiger charge is 2.11. The number of carboxylic acid groups (broad SMARTS) is 2. The van der Waals surface area contributed by atoms with Crippen molar-refractivity contribution in [1.82, 2.24) is 5.32 Å². The van der Waals surface area contributed by atoms with Gasteiger partial charge in [-0.1, -0.05) is 19.8 Å². The van der Waals surface area contributed by atoms with E-state index in [0.717, 1.165) is 30.2 Å². The summed E-state index contributed by atoms with van der Waals surface area (Å²) in [6.07, 6.45) is 5.84. The van der Waals surface area contributed by atoms with Crippen molar-refractivity contribution in [3.05, 3.63) is 29.8 Å². The van der Waals surface area contributed by atoms with E-state index in [2.05, 4.69) is 24.4 Å². The van der Waals surface area contributed by atoms with Gasteiger partial charge in [0.05, 0.1) is 19.1 Å². The van der Waals surface area contributed by atoms with Crippen LogP contribution in [0.2, 0.25) is 0 Å². The summed E-state index contributed by atoms with van der Waals surface area (Å²) in [6, 6.07) is 4.22. The summed E-state index contributed by atoms with van der Waals surface area (Å²) in [5.74, 6) is 0.528. The van der Waals surface area contributed by atoms with Crippen LogP contribution in [0.25, 0.3) is 0 Å². The Balaban J connectivity index is 0.000000769. The van der Waals surface area contributed by atoms with Gasteiger partial charge in [-0.15, -0.1) is 11.8 Å². The third-order valence-electron chi connectivity index (χ3n) is 3.58. The Hall–Kier alpha value is -2.19. The van der Waals surface area contributed by atoms with E-state index in [9.17, 15) is 9.59 Å². The third-order valence-corrected chi connectivity index (χ3v) is 4.71. The van der Waals surface area contributed by atoms with Crippen LogP contribution >= 0.6 is 11.8 Å². The molecule has 0 bridgehead atoms. The average molecular weight is 414 g/mol. The Morgan fingerprint density at radius 1 is 1.07 bits per heavy atom. The molecule has 0 spiro atoms. The number of hydrogen-bond donors (Lipinski definition) is 3. The first kappa shape index (κ1) is 25.8. The molecule has 0 amide bonds. The van der Waals surface area contributed by atoms with Crippen LogP contribution in [0, 0.1) is 0 Å². The molecule has 0 radical (unpaired) electrons. The molecular formula is C20H31NO6S. The number of carboxylic acids is 2. The molecule has 0 fully saturated rings. The molecule has 1 aromatic rings. The molecule has 1 rings (SSSR count). The van der Waals surface area contributed by atoms with E-state index in [-0.39, 0.29) is 0 Å². The molecule has 0 saturated heterocycles. The van der Waals surface area contributed by atoms with E-state index >= 15 is 0 Å². The van der Waals surface area contributed by atoms with Crippen LogP contribution in [-0.2, 0) is 16.0 Å². The van der Waals surface area contributed by atoms with Gasteiger partial charge in [0.2, 0.25) is 0 Å². The first-order valence-electron chi connectivity index (χ1n) is 9.05. The van der Waals surface area contributed by atoms with E-state index in [1.807, 2.05) is 18.8 Å². The number of ether oxygens (including phenoxy) is 2. The molecular weight excluding hydrogens is 382 g/mol. The number of likely N-dealkylation sites (N-methyl/N-ethyl adjacent to an activating group) is 1. The highest BCUT2D eigenvalue weighted by Crippen LogP contribution is 2.36. The minimum atomic E-state index is -1.26. The minimum absolute atomic E-state index is 0.558. The van der Waals surface area contributed by atoms with Gasteiger partial charge in [0.15, 0.2) is 0 Å². The highest BCUT2D eigenvalue weighted by molar-refractivity contribution is 7.99. The first-order chi connectivity index (χ1) is 13.4. The predicted molar refractivity (Wildman–Crippen MR) is 112 cm³/mol. The summed E-state index contributed by atoms with van der Waals surface area (Å²) in [7, 11) is 5.43. The molecule has 0 atom stereocenters. The molecule has 0 aliphatic heterocycles. The van der Waals surface area contributed by atoms with Gasteiger partial charge in [0.1, 0.15) is 11.5 Å². The van der Waals surface area contributed by atoms with Gasteiger partial charge in [-0.3, -0.25) is 0 Å². The van der Waals surface area contributed by atoms with E-state index in [1.54, 1.807) is 14.2 Å². The molecule has 8 heteroatoms. The van der Waals surface area contributed by atoms with Crippen LogP contribution in [0.1, 0.15) is 31.7 Å². The lowest BCUT2D eigenvalue weighted by molar-refractivity contribution is -0.134. The summed E-state index contributed by atoms with van der Waals surface area (Å²) in [6.45, 7) is 3.16. The first-order valence-corrected chi connectivity index (χ1v) is 10.0. The number of nitrogens with one attached hydrogen (secondary N) is 1. The van der Waals surface area contributed by atoms with E-state index < -0.39 is 11.9 Å². The van der Waals surface area contributed by atoms with Gasteiger partial charge >= 0.3 is 11.9 Å². The molecule has 1 aromatic carbocycles. The van der Waals surface area contributed by atoms with Crippen molar-refractivity contribution in [1.29, 1.82) is 0 Å². The van der Waals surface area contributed by atoms with Gasteiger partial charge < -0.3 is 25.0 Å². The van der Waals surface area contributed by atoms with Crippen molar-refractivity contribution in [2.45, 2.75) is 37.5 Å². The summed E-state index contributed by atoms with van der Waals surface area (Å²) in [5.41, 5.74) is 1.19. The van der Waals surface area contributed by atoms with Gasteiger partial charge in [0, 0.05) is 12.2 Å². The second-order valence-electron chi connectivity index (χ2n) is 5.73. The second-order valence-corrected chi connectivity index (χ2v) is 6.87. The van der Waals surface area contributed by atoms with Crippen LogP contribution in [0.5, 0.6) is 11.5 Å². The summed E-state index contributed by atoms with van der Waals surface area (Å²) in [5, 5.41) is 18.8. The van der Waals surface area contributed by atoms with Crippen molar-refractivity contribution in [3.63, 3.8) is 0 Å². The smallest absolute Gasteiger partial charge is 0.328 e. The zero-order valence-electron chi connectivity index (χ0n) is 17.0. The number of rotatable bonds is 12. The summed E-state index contributed by atoms with van der Waals surface area (Å²) >= 11 is 1.85. The van der Waals surface area contributed by atoms with Crippen LogP contribution in [0.15, 0.2) is 29.2 Å². The Bertz CT molecular complexity index is 617. The summed E-state index contributed by atoms with van der Waals surface area (Å²) in [4.78, 5) is 20.3. The molecule has 28 heavy (non-hydrogen) atoms. The fraction of sp³-hybridized carbons (Fsp3) is 0.500. The molecule has 0 aliphatic carbocycles. The summed E-state index contributed by atoms with van der Waals surface area (Å²) < 4.78 is 11.0. The Kier molecular flexibility index (Phi) is 14.6. The SMILES string of the molecule is CCCCCSc1cc(OC)c(CCNC)cc1OC.O=C(O)/C=C\C(=O)O. The maximum absolute atomic E-state index is 9.55. The van der Waals surface area contributed by atoms with Crippen molar-refractivity contribution in [3.8, 4) is 11.5 Å². The number of thioether (sulfide) groups is 1. The number of unbranched alkanes of at least 4 members (excludes halogenated alkanes) is 2. The molecule has 0 unspecified atom stereocenters. The molecule has 0 saturated carbocycles. The van der Waals surface area contributed by atoms with E-state index in [0.29, 0.717) is 12.2 Å². The van der Waals surface area contributed by atoms with E-state index in [4.69, 9.17) is 19.7 Å². The predicted octanol–water partition coefficient (Wildman–Crippen LogP) is 3.46. The third kappa shape index (κ3) is 11.5. The standard InChI is InChI=1S/C16H27NO2S.C4H4O4/c1-5-6-7-10-20-16-12-14(18-3)13(8-9-17-2)11-15(16)19-4;5-3(6)1-2-4(7)8/h11-12,17H,5-10H2,1-4H3;1-2H,(H,5,6)(H,7,8)/b;2-1-. The number of carbonyl (C=O) groups is 2. The second kappa shape index (κ2) is 15.8. The fourth-order valence-corrected chi connectivity index (χ4v) is 3.22. The van der Waals surface area contributed by atoms with Crippen molar-refractivity contribution in [2.24, 2.45) is 0 Å². The number of methoxy groups -OCH3 is 2. The van der Waals surface area contributed by atoms with Crippen molar-refractivity contribution >= 4 is 23.7 Å². The van der Waals surface area contributed by atoms with Crippen LogP contribution in [0.3, 0.4) is 0 Å². The molecule has 0 aliphatic rings. The average Bonchev–Trinajstić information content (AvgIpc) is 2.68. The monoisotopic (exact) mass is 413 g/mol. The Morgan fingerprint density at radius 3 is 2.14 bits per heavy atom. The largest absolute Gasteiger partial charge is 0.496 e. The minimum Gasteiger partial charge on any atom is -0.496 e. The molecule has 158 valence electrons. The van der Waals surface area contributed by atoms with Crippen molar-refractivity contribution < 1.29 is 29.3 Å². The number of benzene rings is 1. The van der Waals surface area contributed by atoms with Gasteiger partial charge in [-0.25, -0.2) is 9.59 Å². The zero-order valence-corrected chi connectivity index (χ0v) is 17.8. The highest BCUT2D eigenvalue weighted by atomic mass is 32.2. The molecule has 0 aromatic heterocycles. The fourth-order valence-electron chi connectivity index (χ4n) is 2.18. The lowest BCUT2D eigenvalue weighted by Gasteiger charge is -2.14. The lowest BCUT2D eigenvalue weighted by Crippen LogP contribution is -2.11. The molecule has 3 N–H and O–H groups in total.